The van der Waals surface area contributed by atoms with E-state index in [1.807, 2.05) is 0 Å². The number of carbonyl (C=O) groups excluding carboxylic acids is 1. The van der Waals surface area contributed by atoms with Gasteiger partial charge >= 0.3 is 0 Å². The van der Waals surface area contributed by atoms with E-state index >= 15 is 0 Å². The fraction of sp³-hybridized carbons (Fsp3) is 0.148. The molecule has 1 amide bonds. The predicted octanol–water partition coefficient (Wildman–Crippen LogP) is 3.49. The molecule has 1 aromatic heterocycles. The Bertz CT molecular complexity index is 1760. The van der Waals surface area contributed by atoms with E-state index in [9.17, 15) is 21.6 Å². The predicted molar refractivity (Wildman–Crippen MR) is 149 cm³/mol. The number of hydrogen-bond acceptors (Lipinski definition) is 8. The monoisotopic (exact) mass is 579 g/mol. The minimum absolute atomic E-state index is 0.0420. The molecule has 4 aromatic rings. The van der Waals surface area contributed by atoms with Gasteiger partial charge in [-0.3, -0.25) is 9.10 Å². The number of amides is 1. The van der Waals surface area contributed by atoms with Gasteiger partial charge in [-0.05, 0) is 68.4 Å². The summed E-state index contributed by atoms with van der Waals surface area (Å²) in [5.41, 5.74) is 1.86. The van der Waals surface area contributed by atoms with E-state index in [4.69, 9.17) is 4.74 Å². The molecular weight excluding hydrogens is 554 g/mol. The lowest BCUT2D eigenvalue weighted by molar-refractivity contribution is -0.122. The molecule has 3 aromatic carbocycles. The van der Waals surface area contributed by atoms with Gasteiger partial charge in [0.15, 0.2) is 6.10 Å². The van der Waals surface area contributed by atoms with Crippen LogP contribution < -0.4 is 19.1 Å². The van der Waals surface area contributed by atoms with Crippen molar-refractivity contribution >= 4 is 43.3 Å². The van der Waals surface area contributed by atoms with Crippen LogP contribution in [0.4, 0.5) is 17.3 Å². The summed E-state index contributed by atoms with van der Waals surface area (Å²) in [6, 6.07) is 21.7. The van der Waals surface area contributed by atoms with Gasteiger partial charge in [0, 0.05) is 17.1 Å². The molecule has 0 fully saturated rings. The highest BCUT2D eigenvalue weighted by Crippen LogP contribution is 2.37. The standard InChI is InChI=1S/C27H25N5O6S2/c1-18-16-19(2)29-27(28-18)31-39(34,35)21-14-12-20(13-15-21)30-26(33)25-17-32(23-10-6-7-11-24(23)38-25)40(36,37)22-8-4-3-5-9-22/h3-16,25H,17H2,1-2H3,(H,30,33)(H,28,29,31)/t25-/m1/s1. The minimum atomic E-state index is -3.98. The number of anilines is 3. The van der Waals surface area contributed by atoms with Gasteiger partial charge in [0.2, 0.25) is 5.95 Å². The molecule has 0 saturated carbocycles. The molecule has 0 saturated heterocycles. The van der Waals surface area contributed by atoms with Gasteiger partial charge in [0.25, 0.3) is 26.0 Å². The Labute approximate surface area is 232 Å². The van der Waals surface area contributed by atoms with Crippen LogP contribution in [0.25, 0.3) is 0 Å². The number of sulfonamides is 2. The van der Waals surface area contributed by atoms with Crippen LogP contribution in [0.5, 0.6) is 5.75 Å². The van der Waals surface area contributed by atoms with Crippen molar-refractivity contribution in [2.24, 2.45) is 0 Å². The zero-order valence-corrected chi connectivity index (χ0v) is 23.1. The number of rotatable bonds is 7. The highest BCUT2D eigenvalue weighted by atomic mass is 32.2. The minimum Gasteiger partial charge on any atom is -0.476 e. The number of para-hydroxylation sites is 2. The molecule has 1 atom stereocenters. The summed E-state index contributed by atoms with van der Waals surface area (Å²) < 4.78 is 61.9. The molecule has 5 rings (SSSR count). The average Bonchev–Trinajstić information content (AvgIpc) is 2.92. The van der Waals surface area contributed by atoms with Gasteiger partial charge in [0.05, 0.1) is 22.0 Å². The Morgan fingerprint density at radius 3 is 2.15 bits per heavy atom. The number of fused-ring (bicyclic) bond motifs is 1. The van der Waals surface area contributed by atoms with Crippen LogP contribution in [-0.4, -0.2) is 45.4 Å². The van der Waals surface area contributed by atoms with Crippen molar-refractivity contribution in [2.45, 2.75) is 29.7 Å². The van der Waals surface area contributed by atoms with Crippen molar-refractivity contribution in [3.63, 3.8) is 0 Å². The summed E-state index contributed by atoms with van der Waals surface area (Å²) in [5.74, 6) is -0.394. The number of hydrogen-bond donors (Lipinski definition) is 2. The van der Waals surface area contributed by atoms with E-state index in [1.54, 1.807) is 62.4 Å². The molecule has 0 radical (unpaired) electrons. The second-order valence-corrected chi connectivity index (χ2v) is 12.6. The summed E-state index contributed by atoms with van der Waals surface area (Å²) in [7, 11) is -7.96. The summed E-state index contributed by atoms with van der Waals surface area (Å²) >= 11 is 0. The van der Waals surface area contributed by atoms with Crippen molar-refractivity contribution in [3.8, 4) is 5.75 Å². The van der Waals surface area contributed by atoms with Gasteiger partial charge in [-0.2, -0.15) is 0 Å². The molecule has 0 unspecified atom stereocenters. The molecule has 11 nitrogen and oxygen atoms in total. The first kappa shape index (κ1) is 27.1. The second kappa shape index (κ2) is 10.6. The lowest BCUT2D eigenvalue weighted by Gasteiger charge is -2.34. The normalized spacial score (nSPS) is 15.1. The molecule has 40 heavy (non-hydrogen) atoms. The quantitative estimate of drug-likeness (QED) is 0.338. The van der Waals surface area contributed by atoms with Crippen LogP contribution in [0, 0.1) is 13.8 Å². The van der Waals surface area contributed by atoms with Gasteiger partial charge in [0.1, 0.15) is 5.75 Å². The van der Waals surface area contributed by atoms with E-state index < -0.39 is 32.1 Å². The first-order valence-corrected chi connectivity index (χ1v) is 15.0. The number of carbonyl (C=O) groups is 1. The second-order valence-electron chi connectivity index (χ2n) is 9.02. The van der Waals surface area contributed by atoms with Gasteiger partial charge in [-0.25, -0.2) is 31.5 Å². The molecular formula is C27H25N5O6S2. The maximum atomic E-state index is 13.4. The molecule has 2 N–H and O–H groups in total. The van der Waals surface area contributed by atoms with Crippen LogP contribution in [0.3, 0.4) is 0 Å². The summed E-state index contributed by atoms with van der Waals surface area (Å²) in [6.07, 6.45) is -1.17. The Balaban J connectivity index is 1.33. The first-order valence-electron chi connectivity index (χ1n) is 12.1. The van der Waals surface area contributed by atoms with E-state index in [0.717, 1.165) is 4.31 Å². The molecule has 0 aliphatic carbocycles. The third-order valence-corrected chi connectivity index (χ3v) is 9.14. The van der Waals surface area contributed by atoms with Gasteiger partial charge in [-0.1, -0.05) is 30.3 Å². The smallest absolute Gasteiger partial charge is 0.267 e. The molecule has 1 aliphatic heterocycles. The van der Waals surface area contributed by atoms with Crippen LogP contribution in [-0.2, 0) is 24.8 Å². The lowest BCUT2D eigenvalue weighted by Crippen LogP contribution is -2.48. The fourth-order valence-corrected chi connectivity index (χ4v) is 6.62. The largest absolute Gasteiger partial charge is 0.476 e. The number of aryl methyl sites for hydroxylation is 2. The average molecular weight is 580 g/mol. The van der Waals surface area contributed by atoms with Crippen molar-refractivity contribution in [3.05, 3.63) is 96.3 Å². The van der Waals surface area contributed by atoms with E-state index in [2.05, 4.69) is 20.0 Å². The fourth-order valence-electron chi connectivity index (χ4n) is 4.18. The zero-order valence-electron chi connectivity index (χ0n) is 21.5. The maximum absolute atomic E-state index is 13.4. The molecule has 13 heteroatoms. The van der Waals surface area contributed by atoms with Crippen molar-refractivity contribution in [1.29, 1.82) is 0 Å². The van der Waals surface area contributed by atoms with Crippen molar-refractivity contribution in [2.75, 3.05) is 20.9 Å². The van der Waals surface area contributed by atoms with E-state index in [0.29, 0.717) is 22.8 Å². The van der Waals surface area contributed by atoms with E-state index in [-0.39, 0.29) is 28.0 Å². The van der Waals surface area contributed by atoms with Crippen molar-refractivity contribution < 1.29 is 26.4 Å². The van der Waals surface area contributed by atoms with Gasteiger partial charge in [-0.15, -0.1) is 0 Å². The Morgan fingerprint density at radius 2 is 1.48 bits per heavy atom. The molecule has 0 bridgehead atoms. The molecule has 0 spiro atoms. The number of nitrogens with one attached hydrogen (secondary N) is 2. The molecule has 206 valence electrons. The molecule has 2 heterocycles. The number of aromatic nitrogens is 2. The summed E-state index contributed by atoms with van der Waals surface area (Å²) in [4.78, 5) is 21.4. The van der Waals surface area contributed by atoms with Crippen LogP contribution in [0.2, 0.25) is 0 Å². The third kappa shape index (κ3) is 5.60. The molecule has 1 aliphatic rings. The Hall–Kier alpha value is -4.49. The number of ether oxygens (including phenoxy) is 1. The van der Waals surface area contributed by atoms with E-state index in [1.165, 1.54) is 36.4 Å². The van der Waals surface area contributed by atoms with Crippen LogP contribution in [0.15, 0.2) is 94.7 Å². The highest BCUT2D eigenvalue weighted by molar-refractivity contribution is 7.93. The Morgan fingerprint density at radius 1 is 0.850 bits per heavy atom. The van der Waals surface area contributed by atoms with Crippen LogP contribution in [0.1, 0.15) is 11.4 Å². The summed E-state index contributed by atoms with van der Waals surface area (Å²) in [6.45, 7) is 3.20. The third-order valence-electron chi connectivity index (χ3n) is 6.00. The van der Waals surface area contributed by atoms with Crippen molar-refractivity contribution in [1.82, 2.24) is 9.97 Å². The first-order chi connectivity index (χ1) is 19.0. The summed E-state index contributed by atoms with van der Waals surface area (Å²) in [5, 5.41) is 2.67. The number of benzene rings is 3. The van der Waals surface area contributed by atoms with Gasteiger partial charge < -0.3 is 10.1 Å². The maximum Gasteiger partial charge on any atom is 0.267 e. The Kier molecular flexibility index (Phi) is 7.17. The zero-order chi connectivity index (χ0) is 28.5. The SMILES string of the molecule is Cc1cc(C)nc(NS(=O)(=O)c2ccc(NC(=O)[C@H]3CN(S(=O)(=O)c4ccccc4)c4ccccc4O3)cc2)n1. The lowest BCUT2D eigenvalue weighted by atomic mass is 10.2. The number of nitrogens with zero attached hydrogens (tertiary/aromatic N) is 3. The topological polar surface area (TPSA) is 148 Å². The highest BCUT2D eigenvalue weighted by Gasteiger charge is 2.37. The van der Waals surface area contributed by atoms with Crippen LogP contribution >= 0.6 is 0 Å².